The predicted octanol–water partition coefficient (Wildman–Crippen LogP) is 2.99. The number of nitrogens with zero attached hydrogens (tertiary/aromatic N) is 3. The van der Waals surface area contributed by atoms with Crippen LogP contribution in [0, 0.1) is 0 Å². The van der Waals surface area contributed by atoms with E-state index >= 15 is 0 Å². The van der Waals surface area contributed by atoms with Crippen molar-refractivity contribution >= 4 is 11.3 Å². The summed E-state index contributed by atoms with van der Waals surface area (Å²) >= 11 is 1.72. The van der Waals surface area contributed by atoms with Crippen LogP contribution in [0.5, 0.6) is 0 Å². The normalized spacial score (nSPS) is 17.2. The van der Waals surface area contributed by atoms with Crippen LogP contribution in [0.15, 0.2) is 35.8 Å². The highest BCUT2D eigenvalue weighted by Gasteiger charge is 2.13. The lowest BCUT2D eigenvalue weighted by molar-refractivity contribution is 0.153. The minimum absolute atomic E-state index is 1.14. The van der Waals surface area contributed by atoms with Crippen molar-refractivity contribution in [3.05, 3.63) is 41.4 Å². The van der Waals surface area contributed by atoms with Crippen molar-refractivity contribution in [1.29, 1.82) is 0 Å². The van der Waals surface area contributed by atoms with E-state index in [1.54, 1.807) is 11.3 Å². The molecule has 3 nitrogen and oxygen atoms in total. The quantitative estimate of drug-likeness (QED) is 0.846. The number of thiazole rings is 1. The molecule has 1 aliphatic rings. The van der Waals surface area contributed by atoms with Gasteiger partial charge in [-0.2, -0.15) is 0 Å². The van der Waals surface area contributed by atoms with Gasteiger partial charge in [0, 0.05) is 43.3 Å². The molecule has 2 heterocycles. The van der Waals surface area contributed by atoms with Gasteiger partial charge in [0.1, 0.15) is 5.01 Å². The van der Waals surface area contributed by atoms with Crippen LogP contribution in [0.1, 0.15) is 12.0 Å². The summed E-state index contributed by atoms with van der Waals surface area (Å²) in [4.78, 5) is 9.46. The zero-order chi connectivity index (χ0) is 14.5. The van der Waals surface area contributed by atoms with Crippen molar-refractivity contribution < 1.29 is 0 Å². The molecule has 0 bridgehead atoms. The molecule has 21 heavy (non-hydrogen) atoms. The number of aromatic nitrogens is 1. The number of likely N-dealkylation sites (N-methyl/N-ethyl adjacent to an activating group) is 1. The Morgan fingerprint density at radius 2 is 1.95 bits per heavy atom. The van der Waals surface area contributed by atoms with E-state index in [1.807, 2.05) is 6.20 Å². The fourth-order valence-corrected chi connectivity index (χ4v) is 3.57. The standard InChI is InChI=1S/C17H23N3S/c1-19-10-12-20(13-11-19)9-4-6-15-5-2-3-7-16(15)17-18-8-14-21-17/h2-3,5,7-8,14H,4,6,9-13H2,1H3. The summed E-state index contributed by atoms with van der Waals surface area (Å²) in [7, 11) is 2.21. The van der Waals surface area contributed by atoms with Gasteiger partial charge in [-0.1, -0.05) is 24.3 Å². The molecule has 0 saturated carbocycles. The summed E-state index contributed by atoms with van der Waals surface area (Å²) in [6.45, 7) is 6.04. The third-order valence-electron chi connectivity index (χ3n) is 4.20. The Balaban J connectivity index is 1.56. The molecule has 1 saturated heterocycles. The first-order valence-corrected chi connectivity index (χ1v) is 8.59. The van der Waals surface area contributed by atoms with E-state index in [4.69, 9.17) is 0 Å². The summed E-state index contributed by atoms with van der Waals surface area (Å²) < 4.78 is 0. The van der Waals surface area contributed by atoms with Crippen LogP contribution in [0.3, 0.4) is 0 Å². The van der Waals surface area contributed by atoms with Crippen LogP contribution in [-0.4, -0.2) is 54.6 Å². The maximum atomic E-state index is 4.46. The zero-order valence-electron chi connectivity index (χ0n) is 12.7. The smallest absolute Gasteiger partial charge is 0.123 e. The average Bonchev–Trinajstić information content (AvgIpc) is 3.04. The Morgan fingerprint density at radius 3 is 2.71 bits per heavy atom. The molecule has 2 aromatic rings. The van der Waals surface area contributed by atoms with Crippen LogP contribution in [0.25, 0.3) is 10.6 Å². The molecule has 1 aromatic carbocycles. The lowest BCUT2D eigenvalue weighted by atomic mass is 10.0. The molecule has 1 aromatic heterocycles. The predicted molar refractivity (Wildman–Crippen MR) is 89.8 cm³/mol. The monoisotopic (exact) mass is 301 g/mol. The van der Waals surface area contributed by atoms with Gasteiger partial charge in [0.15, 0.2) is 0 Å². The number of rotatable bonds is 5. The van der Waals surface area contributed by atoms with E-state index in [0.717, 1.165) is 11.4 Å². The number of aryl methyl sites for hydroxylation is 1. The Labute approximate surface area is 131 Å². The zero-order valence-corrected chi connectivity index (χ0v) is 13.5. The van der Waals surface area contributed by atoms with Gasteiger partial charge in [0.2, 0.25) is 0 Å². The maximum absolute atomic E-state index is 4.46. The molecule has 0 amide bonds. The Kier molecular flexibility index (Phi) is 5.01. The van der Waals surface area contributed by atoms with Crippen LogP contribution >= 0.6 is 11.3 Å². The first-order valence-electron chi connectivity index (χ1n) is 7.71. The molecule has 0 radical (unpaired) electrons. The second kappa shape index (κ2) is 7.16. The maximum Gasteiger partial charge on any atom is 0.123 e. The van der Waals surface area contributed by atoms with Crippen LogP contribution in [0.4, 0.5) is 0 Å². The number of hydrogen-bond donors (Lipinski definition) is 0. The third kappa shape index (κ3) is 3.90. The van der Waals surface area contributed by atoms with Gasteiger partial charge in [-0.3, -0.25) is 0 Å². The highest BCUT2D eigenvalue weighted by Crippen LogP contribution is 2.26. The molecule has 112 valence electrons. The third-order valence-corrected chi connectivity index (χ3v) is 5.00. The van der Waals surface area contributed by atoms with E-state index in [-0.39, 0.29) is 0 Å². The van der Waals surface area contributed by atoms with Gasteiger partial charge in [-0.05, 0) is 32.0 Å². The van der Waals surface area contributed by atoms with Gasteiger partial charge < -0.3 is 9.80 Å². The van der Waals surface area contributed by atoms with Crippen molar-refractivity contribution in [3.8, 4) is 10.6 Å². The number of piperazine rings is 1. The Hall–Kier alpha value is -1.23. The van der Waals surface area contributed by atoms with E-state index in [9.17, 15) is 0 Å². The average molecular weight is 301 g/mol. The van der Waals surface area contributed by atoms with Gasteiger partial charge >= 0.3 is 0 Å². The van der Waals surface area contributed by atoms with Crippen molar-refractivity contribution in [2.75, 3.05) is 39.8 Å². The topological polar surface area (TPSA) is 19.4 Å². The first-order chi connectivity index (χ1) is 10.3. The van der Waals surface area contributed by atoms with Crippen molar-refractivity contribution in [1.82, 2.24) is 14.8 Å². The SMILES string of the molecule is CN1CCN(CCCc2ccccc2-c2nccs2)CC1. The lowest BCUT2D eigenvalue weighted by Crippen LogP contribution is -2.44. The molecule has 1 aliphatic heterocycles. The minimum Gasteiger partial charge on any atom is -0.304 e. The van der Waals surface area contributed by atoms with Crippen LogP contribution in [0.2, 0.25) is 0 Å². The van der Waals surface area contributed by atoms with E-state index < -0.39 is 0 Å². The van der Waals surface area contributed by atoms with Gasteiger partial charge in [0.25, 0.3) is 0 Å². The van der Waals surface area contributed by atoms with E-state index in [2.05, 4.69) is 51.5 Å². The second-order valence-electron chi connectivity index (χ2n) is 5.74. The fourth-order valence-electron chi connectivity index (χ4n) is 2.87. The van der Waals surface area contributed by atoms with Crippen molar-refractivity contribution in [2.24, 2.45) is 0 Å². The molecule has 3 rings (SSSR count). The van der Waals surface area contributed by atoms with Crippen molar-refractivity contribution in [2.45, 2.75) is 12.8 Å². The van der Waals surface area contributed by atoms with Gasteiger partial charge in [-0.15, -0.1) is 11.3 Å². The van der Waals surface area contributed by atoms with Gasteiger partial charge in [-0.25, -0.2) is 4.98 Å². The van der Waals surface area contributed by atoms with Crippen LogP contribution in [-0.2, 0) is 6.42 Å². The summed E-state index contributed by atoms with van der Waals surface area (Å²) in [5.74, 6) is 0. The molecule has 0 aliphatic carbocycles. The van der Waals surface area contributed by atoms with Crippen LogP contribution < -0.4 is 0 Å². The molecular weight excluding hydrogens is 278 g/mol. The highest BCUT2D eigenvalue weighted by molar-refractivity contribution is 7.13. The highest BCUT2D eigenvalue weighted by atomic mass is 32.1. The fraction of sp³-hybridized carbons (Fsp3) is 0.471. The van der Waals surface area contributed by atoms with E-state index in [1.165, 1.54) is 50.3 Å². The molecule has 1 fully saturated rings. The number of hydrogen-bond acceptors (Lipinski definition) is 4. The summed E-state index contributed by atoms with van der Waals surface area (Å²) in [5.41, 5.74) is 2.74. The molecule has 4 heteroatoms. The molecular formula is C17H23N3S. The van der Waals surface area contributed by atoms with Crippen molar-refractivity contribution in [3.63, 3.8) is 0 Å². The minimum atomic E-state index is 1.14. The Morgan fingerprint density at radius 1 is 1.14 bits per heavy atom. The first kappa shape index (κ1) is 14.7. The largest absolute Gasteiger partial charge is 0.304 e. The summed E-state index contributed by atoms with van der Waals surface area (Å²) in [5, 5.41) is 3.20. The lowest BCUT2D eigenvalue weighted by Gasteiger charge is -2.32. The van der Waals surface area contributed by atoms with Gasteiger partial charge in [0.05, 0.1) is 0 Å². The second-order valence-corrected chi connectivity index (χ2v) is 6.64. The summed E-state index contributed by atoms with van der Waals surface area (Å²) in [6.07, 6.45) is 4.26. The molecule has 0 atom stereocenters. The summed E-state index contributed by atoms with van der Waals surface area (Å²) in [6, 6.07) is 8.70. The molecule has 0 N–H and O–H groups in total. The molecule has 0 unspecified atom stereocenters. The molecule has 0 spiro atoms. The van der Waals surface area contributed by atoms with E-state index in [0.29, 0.717) is 0 Å². The Bertz CT molecular complexity index is 545. The number of benzene rings is 1.